The number of piperidine rings is 1. The van der Waals surface area contributed by atoms with Crippen molar-refractivity contribution in [2.75, 3.05) is 31.5 Å². The smallest absolute Gasteiger partial charge is 0.254 e. The lowest BCUT2D eigenvalue weighted by atomic mass is 10.0. The number of carbonyl (C=O) groups excluding carboxylic acids is 2. The quantitative estimate of drug-likeness (QED) is 0.712. The van der Waals surface area contributed by atoms with Crippen molar-refractivity contribution in [2.45, 2.75) is 39.2 Å². The van der Waals surface area contributed by atoms with E-state index in [9.17, 15) is 9.59 Å². The second-order valence-corrected chi connectivity index (χ2v) is 7.10. The topological polar surface area (TPSA) is 52.7 Å². The predicted molar refractivity (Wildman–Crippen MR) is 111 cm³/mol. The minimum atomic E-state index is -0.0171. The average Bonchev–Trinajstić information content (AvgIpc) is 2.66. The maximum atomic E-state index is 12.8. The van der Waals surface area contributed by atoms with E-state index in [1.807, 2.05) is 30.0 Å². The molecule has 1 aliphatic rings. The summed E-state index contributed by atoms with van der Waals surface area (Å²) < 4.78 is 0. The molecule has 1 fully saturated rings. The summed E-state index contributed by atoms with van der Waals surface area (Å²) in [5.74, 6) is 0.0764. The molecule has 0 spiro atoms. The molecule has 5 heteroatoms. The Balaban J connectivity index is 2.01. The summed E-state index contributed by atoms with van der Waals surface area (Å²) in [7, 11) is 0. The number of nitrogens with one attached hydrogen (secondary N) is 1. The first-order valence-corrected chi connectivity index (χ1v) is 9.63. The van der Waals surface area contributed by atoms with Crippen molar-refractivity contribution in [3.8, 4) is 0 Å². The molecule has 1 aromatic carbocycles. The van der Waals surface area contributed by atoms with E-state index in [4.69, 9.17) is 0 Å². The number of carbonyl (C=O) groups is 2. The third-order valence-corrected chi connectivity index (χ3v) is 5.02. The molecule has 5 nitrogen and oxygen atoms in total. The molecular formula is C22H31N3O2. The molecule has 1 N–H and O–H groups in total. The summed E-state index contributed by atoms with van der Waals surface area (Å²) in [5.41, 5.74) is 2.53. The molecule has 2 rings (SSSR count). The zero-order chi connectivity index (χ0) is 19.8. The highest BCUT2D eigenvalue weighted by molar-refractivity contribution is 5.95. The first kappa shape index (κ1) is 20.7. The van der Waals surface area contributed by atoms with Crippen LogP contribution in [0.4, 0.5) is 5.69 Å². The largest absolute Gasteiger partial charge is 0.376 e. The Labute approximate surface area is 162 Å². The van der Waals surface area contributed by atoms with Gasteiger partial charge in [-0.15, -0.1) is 13.2 Å². The Morgan fingerprint density at radius 3 is 2.56 bits per heavy atom. The van der Waals surface area contributed by atoms with Crippen LogP contribution in [-0.4, -0.2) is 53.8 Å². The number of anilines is 1. The second-order valence-electron chi connectivity index (χ2n) is 7.10. The van der Waals surface area contributed by atoms with Gasteiger partial charge in [0.1, 0.15) is 0 Å². The molecule has 1 heterocycles. The molecule has 0 aromatic heterocycles. The van der Waals surface area contributed by atoms with Crippen LogP contribution in [-0.2, 0) is 4.79 Å². The molecule has 1 aliphatic heterocycles. The van der Waals surface area contributed by atoms with Gasteiger partial charge in [-0.05, 0) is 56.9 Å². The van der Waals surface area contributed by atoms with Crippen molar-refractivity contribution in [1.82, 2.24) is 9.80 Å². The van der Waals surface area contributed by atoms with Gasteiger partial charge in [-0.3, -0.25) is 9.59 Å². The van der Waals surface area contributed by atoms with Gasteiger partial charge in [0.15, 0.2) is 0 Å². The highest BCUT2D eigenvalue weighted by Crippen LogP contribution is 2.22. The Morgan fingerprint density at radius 2 is 1.96 bits per heavy atom. The van der Waals surface area contributed by atoms with Gasteiger partial charge < -0.3 is 15.1 Å². The molecule has 0 radical (unpaired) electrons. The van der Waals surface area contributed by atoms with Crippen LogP contribution in [0.3, 0.4) is 0 Å². The number of rotatable bonds is 8. The number of aryl methyl sites for hydroxylation is 1. The number of benzene rings is 1. The summed E-state index contributed by atoms with van der Waals surface area (Å²) in [4.78, 5) is 28.8. The maximum absolute atomic E-state index is 12.8. The Bertz CT molecular complexity index is 689. The lowest BCUT2D eigenvalue weighted by Crippen LogP contribution is -2.42. The van der Waals surface area contributed by atoms with E-state index in [2.05, 4.69) is 25.4 Å². The zero-order valence-corrected chi connectivity index (χ0v) is 16.5. The van der Waals surface area contributed by atoms with Gasteiger partial charge in [0.25, 0.3) is 5.91 Å². The van der Waals surface area contributed by atoms with Crippen LogP contribution in [0.2, 0.25) is 0 Å². The third kappa shape index (κ3) is 5.46. The first-order valence-electron chi connectivity index (χ1n) is 9.63. The van der Waals surface area contributed by atoms with Gasteiger partial charge in [0.2, 0.25) is 5.91 Å². The molecule has 1 saturated heterocycles. The van der Waals surface area contributed by atoms with Gasteiger partial charge in [-0.2, -0.15) is 0 Å². The highest BCUT2D eigenvalue weighted by atomic mass is 16.2. The van der Waals surface area contributed by atoms with E-state index < -0.39 is 0 Å². The van der Waals surface area contributed by atoms with Gasteiger partial charge in [-0.1, -0.05) is 12.2 Å². The van der Waals surface area contributed by atoms with Crippen molar-refractivity contribution < 1.29 is 9.59 Å². The van der Waals surface area contributed by atoms with E-state index >= 15 is 0 Å². The zero-order valence-electron chi connectivity index (χ0n) is 16.5. The van der Waals surface area contributed by atoms with Crippen molar-refractivity contribution in [3.05, 3.63) is 54.6 Å². The Kier molecular flexibility index (Phi) is 7.65. The van der Waals surface area contributed by atoms with Crippen molar-refractivity contribution in [3.63, 3.8) is 0 Å². The number of hydrogen-bond donors (Lipinski definition) is 1. The van der Waals surface area contributed by atoms with E-state index in [0.717, 1.165) is 30.6 Å². The molecule has 1 atom stereocenters. The van der Waals surface area contributed by atoms with Crippen molar-refractivity contribution in [1.29, 1.82) is 0 Å². The number of nitrogens with zero attached hydrogens (tertiary/aromatic N) is 2. The van der Waals surface area contributed by atoms with Crippen molar-refractivity contribution >= 4 is 17.5 Å². The van der Waals surface area contributed by atoms with Crippen LogP contribution in [0.15, 0.2) is 43.5 Å². The van der Waals surface area contributed by atoms with Gasteiger partial charge in [0.05, 0.1) is 6.54 Å². The highest BCUT2D eigenvalue weighted by Gasteiger charge is 2.24. The van der Waals surface area contributed by atoms with Gasteiger partial charge in [-0.25, -0.2) is 0 Å². The average molecular weight is 370 g/mol. The van der Waals surface area contributed by atoms with E-state index in [0.29, 0.717) is 24.7 Å². The maximum Gasteiger partial charge on any atom is 0.254 e. The summed E-state index contributed by atoms with van der Waals surface area (Å²) in [6.45, 7) is 13.4. The van der Waals surface area contributed by atoms with E-state index in [1.165, 1.54) is 6.42 Å². The normalized spacial score (nSPS) is 16.5. The fraction of sp³-hybridized carbons (Fsp3) is 0.455. The SMILES string of the molecule is C=CCN(CC=C)C(=O)CNc1ccc(C(=O)N2CCCCC2C)cc1C. The predicted octanol–water partition coefficient (Wildman–Crippen LogP) is 3.62. The molecule has 1 unspecified atom stereocenters. The third-order valence-electron chi connectivity index (χ3n) is 5.02. The van der Waals surface area contributed by atoms with Crippen LogP contribution >= 0.6 is 0 Å². The molecule has 146 valence electrons. The molecule has 0 bridgehead atoms. The molecule has 0 saturated carbocycles. The Hall–Kier alpha value is -2.56. The molecule has 0 aliphatic carbocycles. The first-order chi connectivity index (χ1) is 13.0. The van der Waals surface area contributed by atoms with Crippen LogP contribution < -0.4 is 5.32 Å². The summed E-state index contributed by atoms with van der Waals surface area (Å²) in [5, 5.41) is 3.18. The monoisotopic (exact) mass is 369 g/mol. The fourth-order valence-electron chi connectivity index (χ4n) is 3.43. The second kappa shape index (κ2) is 9.95. The standard InChI is InChI=1S/C22H31N3O2/c1-5-12-24(13-6-2)21(26)16-23-20-11-10-19(15-17(20)3)22(27)25-14-8-7-9-18(25)4/h5-6,10-11,15,18,23H,1-2,7-9,12-14,16H2,3-4H3. The summed E-state index contributed by atoms with van der Waals surface area (Å²) >= 11 is 0. The van der Waals surface area contributed by atoms with E-state index in [-0.39, 0.29) is 18.4 Å². The fourth-order valence-corrected chi connectivity index (χ4v) is 3.43. The van der Waals surface area contributed by atoms with Crippen LogP contribution in [0.1, 0.15) is 42.1 Å². The molecule has 1 aromatic rings. The number of likely N-dealkylation sites (tertiary alicyclic amines) is 1. The van der Waals surface area contributed by atoms with Crippen LogP contribution in [0.25, 0.3) is 0 Å². The minimum absolute atomic E-state index is 0.0171. The molecular weight excluding hydrogens is 338 g/mol. The summed E-state index contributed by atoms with van der Waals surface area (Å²) in [6.07, 6.45) is 6.74. The minimum Gasteiger partial charge on any atom is -0.376 e. The number of amides is 2. The lowest BCUT2D eigenvalue weighted by Gasteiger charge is -2.33. The van der Waals surface area contributed by atoms with Crippen LogP contribution in [0, 0.1) is 6.92 Å². The number of hydrogen-bond acceptors (Lipinski definition) is 3. The van der Waals surface area contributed by atoms with Crippen LogP contribution in [0.5, 0.6) is 0 Å². The molecule has 27 heavy (non-hydrogen) atoms. The Morgan fingerprint density at radius 1 is 1.26 bits per heavy atom. The lowest BCUT2D eigenvalue weighted by molar-refractivity contribution is -0.128. The van der Waals surface area contributed by atoms with E-state index in [1.54, 1.807) is 17.1 Å². The van der Waals surface area contributed by atoms with Gasteiger partial charge >= 0.3 is 0 Å². The molecule has 2 amide bonds. The van der Waals surface area contributed by atoms with Gasteiger partial charge in [0, 0.05) is 36.9 Å². The van der Waals surface area contributed by atoms with Crippen molar-refractivity contribution in [2.24, 2.45) is 0 Å². The summed E-state index contributed by atoms with van der Waals surface area (Å²) in [6, 6.07) is 5.93.